The summed E-state index contributed by atoms with van der Waals surface area (Å²) in [6, 6.07) is 22.6. The van der Waals surface area contributed by atoms with Crippen molar-refractivity contribution < 1.29 is 9.53 Å². The van der Waals surface area contributed by atoms with Gasteiger partial charge in [0.05, 0.1) is 12.3 Å². The van der Waals surface area contributed by atoms with Gasteiger partial charge in [0.2, 0.25) is 0 Å². The van der Waals surface area contributed by atoms with Gasteiger partial charge in [0, 0.05) is 35.2 Å². The van der Waals surface area contributed by atoms with E-state index in [-0.39, 0.29) is 18.3 Å². The van der Waals surface area contributed by atoms with Gasteiger partial charge in [-0.2, -0.15) is 0 Å². The molecule has 0 amide bonds. The predicted octanol–water partition coefficient (Wildman–Crippen LogP) is 4.36. The number of rotatable bonds is 5. The molecule has 0 saturated heterocycles. The average molecular weight is 505 g/mol. The summed E-state index contributed by atoms with van der Waals surface area (Å²) in [5, 5.41) is 8.93. The van der Waals surface area contributed by atoms with Crippen molar-refractivity contribution >= 4 is 23.1 Å². The van der Waals surface area contributed by atoms with Crippen LogP contribution in [0.1, 0.15) is 30.9 Å². The highest BCUT2D eigenvalue weighted by Gasteiger charge is 2.42. The molecule has 188 valence electrons. The van der Waals surface area contributed by atoms with E-state index in [1.807, 2.05) is 60.7 Å². The standard InChI is InChI=1S/C29H24N6O3/c1-3-38-28(36)22-18(2)31-26-24(23(22)19-10-6-4-7-11-19)27-33-32-25(20-14-16-30-17-15-20)35(27)29(37)34(26)21-12-8-5-9-13-21/h4-17,22-23H,3H2,1-2H3. The fourth-order valence-electron chi connectivity index (χ4n) is 5.14. The summed E-state index contributed by atoms with van der Waals surface area (Å²) in [7, 11) is 0. The largest absolute Gasteiger partial charge is 0.465 e. The van der Waals surface area contributed by atoms with E-state index in [4.69, 9.17) is 9.73 Å². The lowest BCUT2D eigenvalue weighted by molar-refractivity contribution is -0.146. The van der Waals surface area contributed by atoms with Crippen molar-refractivity contribution in [2.75, 3.05) is 6.61 Å². The smallest absolute Gasteiger partial charge is 0.341 e. The molecule has 38 heavy (non-hydrogen) atoms. The maximum absolute atomic E-state index is 14.2. The van der Waals surface area contributed by atoms with E-state index < -0.39 is 11.8 Å². The number of pyridine rings is 1. The van der Waals surface area contributed by atoms with Crippen LogP contribution in [0.2, 0.25) is 0 Å². The lowest BCUT2D eigenvalue weighted by Crippen LogP contribution is -2.37. The van der Waals surface area contributed by atoms with Gasteiger partial charge < -0.3 is 4.74 Å². The van der Waals surface area contributed by atoms with Gasteiger partial charge in [0.1, 0.15) is 11.7 Å². The number of nitrogens with zero attached hydrogens (tertiary/aromatic N) is 6. The molecule has 9 heteroatoms. The van der Waals surface area contributed by atoms with Gasteiger partial charge in [0.25, 0.3) is 0 Å². The quantitative estimate of drug-likeness (QED) is 0.330. The van der Waals surface area contributed by atoms with Crippen molar-refractivity contribution in [2.24, 2.45) is 10.9 Å². The number of esters is 1. The zero-order valence-corrected chi connectivity index (χ0v) is 20.9. The summed E-state index contributed by atoms with van der Waals surface area (Å²) in [6.07, 6.45) is 3.28. The highest BCUT2D eigenvalue weighted by atomic mass is 16.5. The SMILES string of the molecule is CCOC(=O)C1C(C)=Nc2c(c3nnc(-c4ccncc4)n3c(=O)n2-c2ccccc2)C1c1ccccc1. The van der Waals surface area contributed by atoms with Crippen LogP contribution in [0.25, 0.3) is 22.7 Å². The van der Waals surface area contributed by atoms with Gasteiger partial charge >= 0.3 is 11.7 Å². The molecule has 1 aliphatic heterocycles. The minimum absolute atomic E-state index is 0.243. The molecular weight excluding hydrogens is 480 g/mol. The number of hydrogen-bond donors (Lipinski definition) is 0. The summed E-state index contributed by atoms with van der Waals surface area (Å²) in [5.41, 5.74) is 3.40. The van der Waals surface area contributed by atoms with Gasteiger partial charge in [-0.1, -0.05) is 48.5 Å². The molecule has 0 aliphatic carbocycles. The molecule has 0 spiro atoms. The van der Waals surface area contributed by atoms with Gasteiger partial charge in [-0.05, 0) is 43.7 Å². The van der Waals surface area contributed by atoms with Gasteiger partial charge in [-0.3, -0.25) is 9.78 Å². The second-order valence-corrected chi connectivity index (χ2v) is 8.98. The summed E-state index contributed by atoms with van der Waals surface area (Å²) in [6.45, 7) is 3.83. The van der Waals surface area contributed by atoms with Crippen molar-refractivity contribution in [3.8, 4) is 17.1 Å². The van der Waals surface area contributed by atoms with Crippen LogP contribution < -0.4 is 5.69 Å². The van der Waals surface area contributed by atoms with Crippen LogP contribution in [0.15, 0.2) is 95.0 Å². The lowest BCUT2D eigenvalue weighted by atomic mass is 9.77. The summed E-state index contributed by atoms with van der Waals surface area (Å²) in [5.74, 6) is -0.774. The predicted molar refractivity (Wildman–Crippen MR) is 143 cm³/mol. The summed E-state index contributed by atoms with van der Waals surface area (Å²) < 4.78 is 8.57. The maximum atomic E-state index is 14.2. The van der Waals surface area contributed by atoms with Crippen molar-refractivity contribution in [1.82, 2.24) is 24.1 Å². The molecule has 6 rings (SSSR count). The molecule has 3 aromatic heterocycles. The first-order valence-electron chi connectivity index (χ1n) is 12.4. The lowest BCUT2D eigenvalue weighted by Gasteiger charge is -2.32. The first kappa shape index (κ1) is 23.5. The zero-order chi connectivity index (χ0) is 26.2. The third-order valence-electron chi connectivity index (χ3n) is 6.77. The number of benzene rings is 2. The van der Waals surface area contributed by atoms with E-state index in [1.54, 1.807) is 42.9 Å². The van der Waals surface area contributed by atoms with Crippen molar-refractivity contribution in [3.63, 3.8) is 0 Å². The van der Waals surface area contributed by atoms with Crippen LogP contribution in [0.3, 0.4) is 0 Å². The molecule has 0 N–H and O–H groups in total. The Kier molecular flexibility index (Phi) is 5.88. The van der Waals surface area contributed by atoms with Crippen LogP contribution in [0.5, 0.6) is 0 Å². The van der Waals surface area contributed by atoms with Crippen molar-refractivity contribution in [2.45, 2.75) is 19.8 Å². The monoisotopic (exact) mass is 504 g/mol. The number of carbonyl (C=O) groups excluding carboxylic acids is 1. The number of carbonyl (C=O) groups is 1. The molecule has 0 bridgehead atoms. The Labute approximate surface area is 218 Å². The highest BCUT2D eigenvalue weighted by molar-refractivity contribution is 6.05. The Morgan fingerprint density at radius 2 is 1.63 bits per heavy atom. The third-order valence-corrected chi connectivity index (χ3v) is 6.77. The van der Waals surface area contributed by atoms with Crippen LogP contribution >= 0.6 is 0 Å². The minimum atomic E-state index is -0.698. The Morgan fingerprint density at radius 1 is 0.947 bits per heavy atom. The zero-order valence-electron chi connectivity index (χ0n) is 20.9. The fraction of sp³-hybridized carbons (Fsp3) is 0.172. The number of hydrogen-bond acceptors (Lipinski definition) is 7. The van der Waals surface area contributed by atoms with E-state index in [0.717, 1.165) is 5.56 Å². The van der Waals surface area contributed by atoms with Crippen LogP contribution in [-0.4, -0.2) is 42.4 Å². The summed E-state index contributed by atoms with van der Waals surface area (Å²) in [4.78, 5) is 36.5. The van der Waals surface area contributed by atoms with Crippen molar-refractivity contribution in [1.29, 1.82) is 0 Å². The van der Waals surface area contributed by atoms with E-state index in [9.17, 15) is 9.59 Å². The molecule has 9 nitrogen and oxygen atoms in total. The van der Waals surface area contributed by atoms with Crippen LogP contribution in [-0.2, 0) is 9.53 Å². The Hall–Kier alpha value is -4.92. The fourth-order valence-corrected chi connectivity index (χ4v) is 5.14. The Balaban J connectivity index is 1.77. The number of ether oxygens (including phenoxy) is 1. The van der Waals surface area contributed by atoms with Gasteiger partial charge in [-0.15, -0.1) is 10.2 Å². The minimum Gasteiger partial charge on any atom is -0.465 e. The third kappa shape index (κ3) is 3.71. The van der Waals surface area contributed by atoms with Gasteiger partial charge in [-0.25, -0.2) is 18.8 Å². The number of para-hydroxylation sites is 1. The molecule has 0 fully saturated rings. The second kappa shape index (κ2) is 9.51. The Morgan fingerprint density at radius 3 is 2.32 bits per heavy atom. The number of aromatic nitrogens is 5. The first-order chi connectivity index (χ1) is 18.6. The molecule has 1 aliphatic rings. The molecule has 5 aromatic rings. The van der Waals surface area contributed by atoms with E-state index >= 15 is 0 Å². The highest BCUT2D eigenvalue weighted by Crippen LogP contribution is 2.45. The van der Waals surface area contributed by atoms with Crippen LogP contribution in [0, 0.1) is 5.92 Å². The number of aliphatic imine (C=N–C) groups is 1. The van der Waals surface area contributed by atoms with E-state index in [0.29, 0.717) is 39.8 Å². The molecular formula is C29H24N6O3. The first-order valence-corrected chi connectivity index (χ1v) is 12.4. The molecule has 4 heterocycles. The van der Waals surface area contributed by atoms with E-state index in [2.05, 4.69) is 15.2 Å². The second-order valence-electron chi connectivity index (χ2n) is 8.98. The molecule has 0 saturated carbocycles. The molecule has 2 unspecified atom stereocenters. The Bertz CT molecular complexity index is 1730. The van der Waals surface area contributed by atoms with Crippen LogP contribution in [0.4, 0.5) is 5.82 Å². The summed E-state index contributed by atoms with van der Waals surface area (Å²) >= 11 is 0. The average Bonchev–Trinajstić information content (AvgIpc) is 3.40. The topological polar surface area (TPSA) is 104 Å². The van der Waals surface area contributed by atoms with Gasteiger partial charge in [0.15, 0.2) is 11.5 Å². The molecule has 2 atom stereocenters. The normalized spacial score (nSPS) is 16.6. The van der Waals surface area contributed by atoms with E-state index in [1.165, 1.54) is 4.40 Å². The van der Waals surface area contributed by atoms with Crippen molar-refractivity contribution in [3.05, 3.63) is 107 Å². The maximum Gasteiger partial charge on any atom is 0.341 e. The molecule has 0 radical (unpaired) electrons. The number of fused-ring (bicyclic) bond motifs is 3. The molecule has 2 aromatic carbocycles.